The minimum atomic E-state index is 0.271. The maximum atomic E-state index is 5.29. The van der Waals surface area contributed by atoms with Crippen molar-refractivity contribution in [2.75, 3.05) is 20.1 Å². The van der Waals surface area contributed by atoms with Crippen LogP contribution in [0.4, 0.5) is 0 Å². The van der Waals surface area contributed by atoms with Gasteiger partial charge in [-0.1, -0.05) is 43.3 Å². The van der Waals surface area contributed by atoms with E-state index < -0.39 is 0 Å². The van der Waals surface area contributed by atoms with Gasteiger partial charge in [-0.05, 0) is 38.3 Å². The molecule has 0 amide bonds. The lowest BCUT2D eigenvalue weighted by Gasteiger charge is -2.23. The van der Waals surface area contributed by atoms with Gasteiger partial charge in [-0.15, -0.1) is 0 Å². The van der Waals surface area contributed by atoms with E-state index in [4.69, 9.17) is 9.52 Å². The second-order valence-electron chi connectivity index (χ2n) is 6.86. The van der Waals surface area contributed by atoms with Crippen LogP contribution in [0.25, 0.3) is 0 Å². The summed E-state index contributed by atoms with van der Waals surface area (Å²) in [6.07, 6.45) is 1.07. The van der Waals surface area contributed by atoms with E-state index in [0.717, 1.165) is 36.9 Å². The number of nitrogens with one attached hydrogen (secondary N) is 1. The van der Waals surface area contributed by atoms with Crippen molar-refractivity contribution in [3.05, 3.63) is 52.4 Å². The van der Waals surface area contributed by atoms with Crippen LogP contribution in [0.5, 0.6) is 0 Å². The average Bonchev–Trinajstić information content (AvgIpc) is 2.97. The number of aromatic nitrogens is 1. The molecule has 5 heteroatoms. The van der Waals surface area contributed by atoms with Gasteiger partial charge < -0.3 is 14.7 Å². The first-order valence-electron chi connectivity index (χ1n) is 9.46. The van der Waals surface area contributed by atoms with E-state index in [-0.39, 0.29) is 5.92 Å². The largest absolute Gasteiger partial charge is 0.361 e. The van der Waals surface area contributed by atoms with Gasteiger partial charge in [0.15, 0.2) is 5.96 Å². The normalized spacial score (nSPS) is 12.9. The molecule has 2 rings (SSSR count). The Morgan fingerprint density at radius 1 is 1.19 bits per heavy atom. The predicted molar refractivity (Wildman–Crippen MR) is 108 cm³/mol. The van der Waals surface area contributed by atoms with Crippen LogP contribution in [0.3, 0.4) is 0 Å². The van der Waals surface area contributed by atoms with E-state index in [1.54, 1.807) is 0 Å². The van der Waals surface area contributed by atoms with Crippen molar-refractivity contribution in [3.8, 4) is 0 Å². The van der Waals surface area contributed by atoms with Gasteiger partial charge in [-0.3, -0.25) is 4.99 Å². The second kappa shape index (κ2) is 9.41. The van der Waals surface area contributed by atoms with Crippen LogP contribution < -0.4 is 5.32 Å². The Morgan fingerprint density at radius 3 is 2.38 bits per heavy atom. The molecular formula is C21H32N4O. The van der Waals surface area contributed by atoms with Gasteiger partial charge in [0.25, 0.3) is 0 Å². The van der Waals surface area contributed by atoms with Crippen molar-refractivity contribution < 1.29 is 4.52 Å². The van der Waals surface area contributed by atoms with Crippen LogP contribution in [0.2, 0.25) is 0 Å². The van der Waals surface area contributed by atoms with E-state index in [9.17, 15) is 0 Å². The summed E-state index contributed by atoms with van der Waals surface area (Å²) < 4.78 is 5.29. The van der Waals surface area contributed by atoms with E-state index in [1.807, 2.05) is 13.8 Å². The molecule has 1 heterocycles. The van der Waals surface area contributed by atoms with Crippen molar-refractivity contribution >= 4 is 5.96 Å². The zero-order chi connectivity index (χ0) is 19.1. The van der Waals surface area contributed by atoms with E-state index in [0.29, 0.717) is 6.54 Å². The standard InChI is InChI=1S/C21H32N4O/c1-7-18-9-11-19(12-10-18)14-25(6)21(22-8-2)23-13-15(3)20-16(4)24-26-17(20)5/h9-12,15H,7-8,13-14H2,1-6H3,(H,22,23). The molecule has 0 spiro atoms. The summed E-state index contributed by atoms with van der Waals surface area (Å²) in [5, 5.41) is 7.45. The molecule has 0 radical (unpaired) electrons. The topological polar surface area (TPSA) is 53.7 Å². The summed E-state index contributed by atoms with van der Waals surface area (Å²) in [5.74, 6) is 2.08. The van der Waals surface area contributed by atoms with Crippen molar-refractivity contribution in [2.45, 2.75) is 53.5 Å². The fraction of sp³-hybridized carbons (Fsp3) is 0.524. The first-order chi connectivity index (χ1) is 12.5. The van der Waals surface area contributed by atoms with Crippen molar-refractivity contribution in [1.29, 1.82) is 0 Å². The Bertz CT molecular complexity index is 699. The van der Waals surface area contributed by atoms with Crippen LogP contribution in [0, 0.1) is 13.8 Å². The fourth-order valence-corrected chi connectivity index (χ4v) is 3.21. The van der Waals surface area contributed by atoms with Crippen LogP contribution in [0.1, 0.15) is 54.8 Å². The minimum absolute atomic E-state index is 0.271. The molecule has 1 atom stereocenters. The zero-order valence-electron chi connectivity index (χ0n) is 17.0. The monoisotopic (exact) mass is 356 g/mol. The van der Waals surface area contributed by atoms with Gasteiger partial charge >= 0.3 is 0 Å². The molecule has 1 unspecified atom stereocenters. The molecule has 0 aliphatic rings. The highest BCUT2D eigenvalue weighted by atomic mass is 16.5. The number of rotatable bonds is 7. The molecule has 0 bridgehead atoms. The summed E-state index contributed by atoms with van der Waals surface area (Å²) in [6, 6.07) is 8.80. The number of nitrogens with zero attached hydrogens (tertiary/aromatic N) is 3. The fourth-order valence-electron chi connectivity index (χ4n) is 3.21. The van der Waals surface area contributed by atoms with Crippen LogP contribution in [-0.4, -0.2) is 36.2 Å². The van der Waals surface area contributed by atoms with E-state index in [1.165, 1.54) is 16.7 Å². The van der Waals surface area contributed by atoms with Crippen LogP contribution in [0.15, 0.2) is 33.8 Å². The average molecular weight is 357 g/mol. The number of guanidine groups is 1. The highest BCUT2D eigenvalue weighted by Crippen LogP contribution is 2.23. The van der Waals surface area contributed by atoms with E-state index >= 15 is 0 Å². The Balaban J connectivity index is 2.06. The summed E-state index contributed by atoms with van der Waals surface area (Å²) >= 11 is 0. The Kier molecular flexibility index (Phi) is 7.25. The first kappa shape index (κ1) is 20.0. The zero-order valence-corrected chi connectivity index (χ0v) is 17.0. The lowest BCUT2D eigenvalue weighted by Crippen LogP contribution is -2.38. The summed E-state index contributed by atoms with van der Waals surface area (Å²) in [6.45, 7) is 12.8. The molecule has 0 aliphatic carbocycles. The molecular weight excluding hydrogens is 324 g/mol. The number of hydrogen-bond donors (Lipinski definition) is 1. The number of aryl methyl sites for hydroxylation is 3. The Morgan fingerprint density at radius 2 is 1.85 bits per heavy atom. The maximum absolute atomic E-state index is 5.29. The molecule has 0 aliphatic heterocycles. The number of hydrogen-bond acceptors (Lipinski definition) is 3. The van der Waals surface area contributed by atoms with Gasteiger partial charge in [0, 0.05) is 38.2 Å². The van der Waals surface area contributed by atoms with Crippen molar-refractivity contribution in [1.82, 2.24) is 15.4 Å². The molecule has 0 fully saturated rings. The minimum Gasteiger partial charge on any atom is -0.361 e. The summed E-state index contributed by atoms with van der Waals surface area (Å²) in [7, 11) is 2.08. The lowest BCUT2D eigenvalue weighted by atomic mass is 10.00. The van der Waals surface area contributed by atoms with Crippen LogP contribution >= 0.6 is 0 Å². The summed E-state index contributed by atoms with van der Waals surface area (Å²) in [4.78, 5) is 7.01. The molecule has 5 nitrogen and oxygen atoms in total. The van der Waals surface area contributed by atoms with Gasteiger partial charge in [0.05, 0.1) is 5.69 Å². The van der Waals surface area contributed by atoms with Gasteiger partial charge in [-0.25, -0.2) is 0 Å². The highest BCUT2D eigenvalue weighted by Gasteiger charge is 2.16. The number of benzene rings is 1. The predicted octanol–water partition coefficient (Wildman–Crippen LogP) is 4.05. The van der Waals surface area contributed by atoms with Crippen molar-refractivity contribution in [2.24, 2.45) is 4.99 Å². The summed E-state index contributed by atoms with van der Waals surface area (Å²) in [5.41, 5.74) is 4.78. The van der Waals surface area contributed by atoms with E-state index in [2.05, 4.69) is 67.5 Å². The molecule has 1 aromatic heterocycles. The molecule has 142 valence electrons. The third-order valence-corrected chi connectivity index (χ3v) is 4.64. The van der Waals surface area contributed by atoms with Gasteiger partial charge in [0.1, 0.15) is 5.76 Å². The molecule has 26 heavy (non-hydrogen) atoms. The Labute approximate surface area is 157 Å². The molecule has 1 N–H and O–H groups in total. The molecule has 0 saturated heterocycles. The smallest absolute Gasteiger partial charge is 0.193 e. The second-order valence-corrected chi connectivity index (χ2v) is 6.86. The Hall–Kier alpha value is -2.30. The SMILES string of the molecule is CCNC(=NCC(C)c1c(C)noc1C)N(C)Cc1ccc(CC)cc1. The number of aliphatic imine (C=N–C) groups is 1. The molecule has 0 saturated carbocycles. The lowest BCUT2D eigenvalue weighted by molar-refractivity contribution is 0.391. The maximum Gasteiger partial charge on any atom is 0.193 e. The third-order valence-electron chi connectivity index (χ3n) is 4.64. The molecule has 1 aromatic carbocycles. The highest BCUT2D eigenvalue weighted by molar-refractivity contribution is 5.79. The van der Waals surface area contributed by atoms with Crippen molar-refractivity contribution in [3.63, 3.8) is 0 Å². The first-order valence-corrected chi connectivity index (χ1v) is 9.46. The quantitative estimate of drug-likeness (QED) is 0.600. The van der Waals surface area contributed by atoms with Crippen LogP contribution in [-0.2, 0) is 13.0 Å². The van der Waals surface area contributed by atoms with Gasteiger partial charge in [-0.2, -0.15) is 0 Å². The van der Waals surface area contributed by atoms with Gasteiger partial charge in [0.2, 0.25) is 0 Å². The third kappa shape index (κ3) is 5.10. The molecule has 2 aromatic rings.